The van der Waals surface area contributed by atoms with Crippen molar-refractivity contribution >= 4 is 45.4 Å². The number of hydrogen-bond donors (Lipinski definition) is 2. The van der Waals surface area contributed by atoms with Crippen LogP contribution in [0.4, 0.5) is 10.7 Å². The van der Waals surface area contributed by atoms with Gasteiger partial charge in [-0.1, -0.05) is 35.9 Å². The van der Waals surface area contributed by atoms with Crippen LogP contribution in [-0.2, 0) is 11.3 Å². The molecule has 0 saturated carbocycles. The maximum Gasteiger partial charge on any atom is 0.261 e. The van der Waals surface area contributed by atoms with Gasteiger partial charge >= 0.3 is 0 Å². The zero-order valence-corrected chi connectivity index (χ0v) is 19.3. The van der Waals surface area contributed by atoms with Crippen LogP contribution in [0, 0.1) is 6.92 Å². The number of amides is 2. The first-order valence-electron chi connectivity index (χ1n) is 10.4. The molecule has 1 aromatic heterocycles. The van der Waals surface area contributed by atoms with E-state index >= 15 is 0 Å². The van der Waals surface area contributed by atoms with Gasteiger partial charge in [0.05, 0.1) is 33.7 Å². The summed E-state index contributed by atoms with van der Waals surface area (Å²) in [4.78, 5) is 28.1. The highest BCUT2D eigenvalue weighted by atomic mass is 35.5. The second-order valence-electron chi connectivity index (χ2n) is 7.51. The lowest BCUT2D eigenvalue weighted by Gasteiger charge is -2.28. The van der Waals surface area contributed by atoms with Crippen molar-refractivity contribution in [2.24, 2.45) is 0 Å². The summed E-state index contributed by atoms with van der Waals surface area (Å²) in [7, 11) is 0. The van der Waals surface area contributed by atoms with Crippen molar-refractivity contribution in [1.29, 1.82) is 0 Å². The van der Waals surface area contributed by atoms with Gasteiger partial charge < -0.3 is 20.3 Å². The number of carbonyl (C=O) groups is 2. The quantitative estimate of drug-likeness (QED) is 0.547. The van der Waals surface area contributed by atoms with Gasteiger partial charge in [0.25, 0.3) is 11.8 Å². The first-order valence-corrected chi connectivity index (χ1v) is 11.6. The molecule has 1 saturated heterocycles. The fourth-order valence-electron chi connectivity index (χ4n) is 3.50. The summed E-state index contributed by atoms with van der Waals surface area (Å²) < 4.78 is 5.39. The zero-order valence-electron chi connectivity index (χ0n) is 17.7. The smallest absolute Gasteiger partial charge is 0.261 e. The number of anilines is 2. The second kappa shape index (κ2) is 10.2. The summed E-state index contributed by atoms with van der Waals surface area (Å²) in [6.07, 6.45) is 0. The summed E-state index contributed by atoms with van der Waals surface area (Å²) >= 11 is 7.34. The summed E-state index contributed by atoms with van der Waals surface area (Å²) in [5, 5.41) is 6.78. The fourth-order valence-corrected chi connectivity index (χ4v) is 4.71. The third-order valence-electron chi connectivity index (χ3n) is 5.24. The van der Waals surface area contributed by atoms with Crippen molar-refractivity contribution in [3.8, 4) is 0 Å². The predicted octanol–water partition coefficient (Wildman–Crippen LogP) is 4.73. The first kappa shape index (κ1) is 22.3. The molecule has 1 aliphatic rings. The van der Waals surface area contributed by atoms with Gasteiger partial charge in [-0.05, 0) is 48.4 Å². The Morgan fingerprint density at radius 2 is 1.78 bits per heavy atom. The molecule has 0 aliphatic carbocycles. The minimum absolute atomic E-state index is 0.164. The molecule has 2 aromatic carbocycles. The Morgan fingerprint density at radius 1 is 1.06 bits per heavy atom. The summed E-state index contributed by atoms with van der Waals surface area (Å²) in [6, 6.07) is 16.9. The topological polar surface area (TPSA) is 70.7 Å². The Bertz CT molecular complexity index is 1110. The minimum atomic E-state index is -0.302. The molecule has 2 heterocycles. The van der Waals surface area contributed by atoms with Crippen LogP contribution in [0.25, 0.3) is 0 Å². The molecule has 0 bridgehead atoms. The number of nitrogens with zero attached hydrogens (tertiary/aromatic N) is 1. The molecular formula is C24H24ClN3O3S. The Hall–Kier alpha value is -2.87. The van der Waals surface area contributed by atoms with Crippen molar-refractivity contribution < 1.29 is 14.3 Å². The van der Waals surface area contributed by atoms with Gasteiger partial charge in [0.15, 0.2) is 0 Å². The Labute approximate surface area is 196 Å². The number of rotatable bonds is 6. The van der Waals surface area contributed by atoms with E-state index in [4.69, 9.17) is 16.3 Å². The van der Waals surface area contributed by atoms with Gasteiger partial charge in [-0.15, -0.1) is 11.3 Å². The van der Waals surface area contributed by atoms with Crippen LogP contribution in [0.3, 0.4) is 0 Å². The molecule has 2 N–H and O–H groups in total. The van der Waals surface area contributed by atoms with Crippen LogP contribution in [-0.4, -0.2) is 38.1 Å². The fraction of sp³-hybridized carbons (Fsp3) is 0.250. The van der Waals surface area contributed by atoms with Crippen molar-refractivity contribution in [1.82, 2.24) is 5.32 Å². The van der Waals surface area contributed by atoms with Gasteiger partial charge in [-0.2, -0.15) is 0 Å². The van der Waals surface area contributed by atoms with Crippen molar-refractivity contribution in [2.45, 2.75) is 13.5 Å². The molecule has 0 atom stereocenters. The number of nitrogens with one attached hydrogen (secondary N) is 2. The minimum Gasteiger partial charge on any atom is -0.378 e. The highest BCUT2D eigenvalue weighted by Gasteiger charge is 2.17. The molecule has 4 rings (SSSR count). The molecule has 1 fully saturated rings. The largest absolute Gasteiger partial charge is 0.378 e. The molecule has 0 unspecified atom stereocenters. The third kappa shape index (κ3) is 5.30. The average Bonchev–Trinajstić information content (AvgIpc) is 3.18. The van der Waals surface area contributed by atoms with E-state index in [0.29, 0.717) is 27.0 Å². The van der Waals surface area contributed by atoms with Crippen LogP contribution in [0.5, 0.6) is 0 Å². The van der Waals surface area contributed by atoms with Crippen LogP contribution in [0.1, 0.15) is 31.2 Å². The standard InChI is InChI=1S/C24H24ClN3O3S/c1-16-14-21(27-23(29)19-4-2-3-5-20(19)25)32-22(16)24(30)26-15-17-6-8-18(9-7-17)28-10-12-31-13-11-28/h2-9,14H,10-13,15H2,1H3,(H,26,30)(H,27,29). The number of halogens is 1. The van der Waals surface area contributed by atoms with Crippen LogP contribution >= 0.6 is 22.9 Å². The molecule has 0 radical (unpaired) electrons. The van der Waals surface area contributed by atoms with Gasteiger partial charge in [0.1, 0.15) is 0 Å². The van der Waals surface area contributed by atoms with E-state index < -0.39 is 0 Å². The number of hydrogen-bond acceptors (Lipinski definition) is 5. The van der Waals surface area contributed by atoms with Gasteiger partial charge in [-0.3, -0.25) is 9.59 Å². The molecule has 1 aliphatic heterocycles. The van der Waals surface area contributed by atoms with E-state index in [1.807, 2.05) is 19.1 Å². The van der Waals surface area contributed by atoms with Crippen molar-refractivity contribution in [3.05, 3.63) is 81.2 Å². The average molecular weight is 470 g/mol. The molecule has 3 aromatic rings. The van der Waals surface area contributed by atoms with Crippen LogP contribution in [0.2, 0.25) is 5.02 Å². The Balaban J connectivity index is 1.35. The number of carbonyl (C=O) groups excluding carboxylic acids is 2. The number of ether oxygens (including phenoxy) is 1. The van der Waals surface area contributed by atoms with Crippen LogP contribution in [0.15, 0.2) is 54.6 Å². The number of morpholine rings is 1. The molecule has 32 heavy (non-hydrogen) atoms. The molecule has 6 nitrogen and oxygen atoms in total. The van der Waals surface area contributed by atoms with E-state index in [9.17, 15) is 9.59 Å². The van der Waals surface area contributed by atoms with Gasteiger partial charge in [-0.25, -0.2) is 0 Å². The zero-order chi connectivity index (χ0) is 22.5. The molecular weight excluding hydrogens is 446 g/mol. The second-order valence-corrected chi connectivity index (χ2v) is 8.96. The lowest BCUT2D eigenvalue weighted by molar-refractivity contribution is 0.0953. The lowest BCUT2D eigenvalue weighted by atomic mass is 10.2. The van der Waals surface area contributed by atoms with E-state index in [2.05, 4.69) is 27.7 Å². The monoisotopic (exact) mass is 469 g/mol. The van der Waals surface area contributed by atoms with Crippen molar-refractivity contribution in [3.63, 3.8) is 0 Å². The molecule has 0 spiro atoms. The Morgan fingerprint density at radius 3 is 2.50 bits per heavy atom. The Kier molecular flexibility index (Phi) is 7.09. The van der Waals surface area contributed by atoms with E-state index in [-0.39, 0.29) is 11.8 Å². The normalized spacial score (nSPS) is 13.6. The number of thiophene rings is 1. The highest BCUT2D eigenvalue weighted by Crippen LogP contribution is 2.28. The lowest BCUT2D eigenvalue weighted by Crippen LogP contribution is -2.36. The molecule has 166 valence electrons. The van der Waals surface area contributed by atoms with E-state index in [1.165, 1.54) is 11.3 Å². The summed E-state index contributed by atoms with van der Waals surface area (Å²) in [5.41, 5.74) is 3.39. The maximum atomic E-state index is 12.7. The molecule has 8 heteroatoms. The third-order valence-corrected chi connectivity index (χ3v) is 6.73. The van der Waals surface area contributed by atoms with Crippen LogP contribution < -0.4 is 15.5 Å². The van der Waals surface area contributed by atoms with Gasteiger partial charge in [0, 0.05) is 25.3 Å². The number of benzene rings is 2. The van der Waals surface area contributed by atoms with Gasteiger partial charge in [0.2, 0.25) is 0 Å². The van der Waals surface area contributed by atoms with Crippen molar-refractivity contribution in [2.75, 3.05) is 36.5 Å². The number of aryl methyl sites for hydroxylation is 1. The predicted molar refractivity (Wildman–Crippen MR) is 129 cm³/mol. The SMILES string of the molecule is Cc1cc(NC(=O)c2ccccc2Cl)sc1C(=O)NCc1ccc(N2CCOCC2)cc1. The summed E-state index contributed by atoms with van der Waals surface area (Å²) in [5.74, 6) is -0.466. The first-order chi connectivity index (χ1) is 15.5. The maximum absolute atomic E-state index is 12.7. The van der Waals surface area contributed by atoms with E-state index in [0.717, 1.165) is 43.1 Å². The van der Waals surface area contributed by atoms with E-state index in [1.54, 1.807) is 30.3 Å². The molecule has 2 amide bonds. The highest BCUT2D eigenvalue weighted by molar-refractivity contribution is 7.18. The summed E-state index contributed by atoms with van der Waals surface area (Å²) in [6.45, 7) is 5.57.